The zero-order valence-corrected chi connectivity index (χ0v) is 10.1. The van der Waals surface area contributed by atoms with E-state index in [4.69, 9.17) is 0 Å². The van der Waals surface area contributed by atoms with Crippen LogP contribution in [0.4, 0.5) is 0 Å². The molecule has 1 aliphatic heterocycles. The minimum Gasteiger partial charge on any atom is -0.389 e. The molecule has 1 saturated heterocycles. The molecule has 1 unspecified atom stereocenters. The molecule has 4 nitrogen and oxygen atoms in total. The molecule has 1 aromatic rings. The van der Waals surface area contributed by atoms with Crippen molar-refractivity contribution in [2.75, 3.05) is 19.6 Å². The van der Waals surface area contributed by atoms with E-state index in [0.29, 0.717) is 5.92 Å². The number of likely N-dealkylation sites (tertiary alicyclic amines) is 1. The lowest BCUT2D eigenvalue weighted by Gasteiger charge is -2.35. The molecule has 0 radical (unpaired) electrons. The van der Waals surface area contributed by atoms with Gasteiger partial charge in [-0.25, -0.2) is 0 Å². The topological polar surface area (TPSA) is 52.1 Å². The van der Waals surface area contributed by atoms with Gasteiger partial charge in [0, 0.05) is 19.3 Å². The third-order valence-corrected chi connectivity index (χ3v) is 3.11. The first-order chi connectivity index (χ1) is 7.54. The SMILES string of the molecule is CC(C)(O)CN1CCCC(c2cn[nH]c2)C1. The van der Waals surface area contributed by atoms with Gasteiger partial charge in [-0.15, -0.1) is 0 Å². The minimum atomic E-state index is -0.599. The summed E-state index contributed by atoms with van der Waals surface area (Å²) in [4.78, 5) is 2.35. The molecule has 1 atom stereocenters. The van der Waals surface area contributed by atoms with Gasteiger partial charge in [0.25, 0.3) is 0 Å². The molecular formula is C12H21N3O. The van der Waals surface area contributed by atoms with Gasteiger partial charge in [0.2, 0.25) is 0 Å². The zero-order chi connectivity index (χ0) is 11.6. The van der Waals surface area contributed by atoms with Crippen LogP contribution in [0.25, 0.3) is 0 Å². The minimum absolute atomic E-state index is 0.565. The Morgan fingerprint density at radius 1 is 1.62 bits per heavy atom. The maximum Gasteiger partial charge on any atom is 0.0718 e. The maximum atomic E-state index is 9.83. The lowest BCUT2D eigenvalue weighted by atomic mass is 9.92. The largest absolute Gasteiger partial charge is 0.389 e. The zero-order valence-electron chi connectivity index (χ0n) is 10.1. The van der Waals surface area contributed by atoms with Gasteiger partial charge in [-0.05, 0) is 44.7 Å². The molecule has 4 heteroatoms. The van der Waals surface area contributed by atoms with Crippen molar-refractivity contribution < 1.29 is 5.11 Å². The van der Waals surface area contributed by atoms with Crippen LogP contribution in [-0.2, 0) is 0 Å². The van der Waals surface area contributed by atoms with Crippen LogP contribution >= 0.6 is 0 Å². The summed E-state index contributed by atoms with van der Waals surface area (Å²) in [5, 5.41) is 16.7. The third-order valence-electron chi connectivity index (χ3n) is 3.11. The number of piperidine rings is 1. The second-order valence-corrected chi connectivity index (χ2v) is 5.42. The molecule has 0 bridgehead atoms. The predicted molar refractivity (Wildman–Crippen MR) is 63.3 cm³/mol. The van der Waals surface area contributed by atoms with Crippen LogP contribution in [-0.4, -0.2) is 45.4 Å². The molecule has 0 aromatic carbocycles. The van der Waals surface area contributed by atoms with E-state index < -0.39 is 5.60 Å². The molecule has 1 aliphatic rings. The smallest absolute Gasteiger partial charge is 0.0718 e. The number of β-amino-alcohol motifs (C(OH)–C–C–N with tert-alkyl or cyclic N) is 1. The van der Waals surface area contributed by atoms with Crippen LogP contribution in [0.15, 0.2) is 12.4 Å². The Labute approximate surface area is 96.7 Å². The Balaban J connectivity index is 1.94. The highest BCUT2D eigenvalue weighted by Gasteiger charge is 2.25. The number of nitrogens with zero attached hydrogens (tertiary/aromatic N) is 2. The molecule has 1 fully saturated rings. The highest BCUT2D eigenvalue weighted by Crippen LogP contribution is 2.26. The van der Waals surface area contributed by atoms with Gasteiger partial charge < -0.3 is 5.11 Å². The normalized spacial score (nSPS) is 23.6. The van der Waals surface area contributed by atoms with Crippen molar-refractivity contribution in [2.24, 2.45) is 0 Å². The van der Waals surface area contributed by atoms with Crippen molar-refractivity contribution in [3.8, 4) is 0 Å². The molecule has 0 spiro atoms. The first kappa shape index (κ1) is 11.6. The van der Waals surface area contributed by atoms with Crippen LogP contribution < -0.4 is 0 Å². The molecule has 0 amide bonds. The Hall–Kier alpha value is -0.870. The fourth-order valence-electron chi connectivity index (χ4n) is 2.50. The van der Waals surface area contributed by atoms with Crippen LogP contribution in [0.2, 0.25) is 0 Å². The van der Waals surface area contributed by atoms with Crippen molar-refractivity contribution in [2.45, 2.75) is 38.2 Å². The van der Waals surface area contributed by atoms with E-state index in [2.05, 4.69) is 15.1 Å². The third kappa shape index (κ3) is 3.06. The molecular weight excluding hydrogens is 202 g/mol. The van der Waals surface area contributed by atoms with Gasteiger partial charge in [0.05, 0.1) is 11.8 Å². The van der Waals surface area contributed by atoms with E-state index in [-0.39, 0.29) is 0 Å². The van der Waals surface area contributed by atoms with Crippen LogP contribution in [0.1, 0.15) is 38.2 Å². The van der Waals surface area contributed by atoms with Gasteiger partial charge >= 0.3 is 0 Å². The summed E-state index contributed by atoms with van der Waals surface area (Å²) < 4.78 is 0. The van der Waals surface area contributed by atoms with Gasteiger partial charge in [-0.1, -0.05) is 0 Å². The van der Waals surface area contributed by atoms with E-state index in [0.717, 1.165) is 19.6 Å². The van der Waals surface area contributed by atoms with E-state index in [1.165, 1.54) is 18.4 Å². The Morgan fingerprint density at radius 2 is 2.44 bits per heavy atom. The van der Waals surface area contributed by atoms with Crippen molar-refractivity contribution >= 4 is 0 Å². The molecule has 0 saturated carbocycles. The summed E-state index contributed by atoms with van der Waals surface area (Å²) in [5.41, 5.74) is 0.693. The molecule has 2 heterocycles. The van der Waals surface area contributed by atoms with Crippen molar-refractivity contribution in [1.82, 2.24) is 15.1 Å². The van der Waals surface area contributed by atoms with Gasteiger partial charge in [-0.2, -0.15) is 5.10 Å². The highest BCUT2D eigenvalue weighted by molar-refractivity contribution is 5.12. The molecule has 90 valence electrons. The summed E-state index contributed by atoms with van der Waals surface area (Å²) in [6.45, 7) is 6.62. The first-order valence-corrected chi connectivity index (χ1v) is 5.98. The number of aromatic nitrogens is 2. The number of rotatable bonds is 3. The predicted octanol–water partition coefficient (Wildman–Crippen LogP) is 1.36. The fraction of sp³-hybridized carbons (Fsp3) is 0.750. The van der Waals surface area contributed by atoms with E-state index in [1.54, 1.807) is 0 Å². The Bertz CT molecular complexity index is 316. The summed E-state index contributed by atoms with van der Waals surface area (Å²) in [6, 6.07) is 0. The molecule has 16 heavy (non-hydrogen) atoms. The monoisotopic (exact) mass is 223 g/mol. The Kier molecular flexibility index (Phi) is 3.30. The summed E-state index contributed by atoms with van der Waals surface area (Å²) >= 11 is 0. The van der Waals surface area contributed by atoms with Crippen LogP contribution in [0.3, 0.4) is 0 Å². The number of hydrogen-bond donors (Lipinski definition) is 2. The van der Waals surface area contributed by atoms with Gasteiger partial charge in [0.1, 0.15) is 0 Å². The highest BCUT2D eigenvalue weighted by atomic mass is 16.3. The molecule has 1 aromatic heterocycles. The maximum absolute atomic E-state index is 9.83. The Morgan fingerprint density at radius 3 is 3.06 bits per heavy atom. The summed E-state index contributed by atoms with van der Waals surface area (Å²) in [5.74, 6) is 0.565. The second-order valence-electron chi connectivity index (χ2n) is 5.42. The van der Waals surface area contributed by atoms with Crippen molar-refractivity contribution in [3.05, 3.63) is 18.0 Å². The fourth-order valence-corrected chi connectivity index (χ4v) is 2.50. The van der Waals surface area contributed by atoms with Crippen molar-refractivity contribution in [3.63, 3.8) is 0 Å². The number of aliphatic hydroxyl groups is 1. The molecule has 0 aliphatic carbocycles. The lowest BCUT2D eigenvalue weighted by molar-refractivity contribution is 0.0272. The molecule has 2 N–H and O–H groups in total. The van der Waals surface area contributed by atoms with E-state index >= 15 is 0 Å². The van der Waals surface area contributed by atoms with Gasteiger partial charge in [-0.3, -0.25) is 10.00 Å². The van der Waals surface area contributed by atoms with Crippen LogP contribution in [0.5, 0.6) is 0 Å². The molecule has 2 rings (SSSR count). The second kappa shape index (κ2) is 4.55. The average molecular weight is 223 g/mol. The summed E-state index contributed by atoms with van der Waals surface area (Å²) in [6.07, 6.45) is 6.32. The van der Waals surface area contributed by atoms with Gasteiger partial charge in [0.15, 0.2) is 0 Å². The van der Waals surface area contributed by atoms with E-state index in [1.807, 2.05) is 26.2 Å². The number of hydrogen-bond acceptors (Lipinski definition) is 3. The van der Waals surface area contributed by atoms with Crippen LogP contribution in [0, 0.1) is 0 Å². The number of aromatic amines is 1. The van der Waals surface area contributed by atoms with Crippen molar-refractivity contribution in [1.29, 1.82) is 0 Å². The quantitative estimate of drug-likeness (QED) is 0.813. The lowest BCUT2D eigenvalue weighted by Crippen LogP contribution is -2.43. The first-order valence-electron chi connectivity index (χ1n) is 5.98. The standard InChI is InChI=1S/C12H21N3O/c1-12(2,16)9-15-5-3-4-10(8-15)11-6-13-14-7-11/h6-7,10,16H,3-5,8-9H2,1-2H3,(H,13,14). The number of nitrogens with one attached hydrogen (secondary N) is 1. The average Bonchev–Trinajstić information content (AvgIpc) is 2.68. The van der Waals surface area contributed by atoms with E-state index in [9.17, 15) is 5.11 Å². The number of H-pyrrole nitrogens is 1. The summed E-state index contributed by atoms with van der Waals surface area (Å²) in [7, 11) is 0.